The fraction of sp³-hybridized carbons (Fsp3) is 1.00. The van der Waals surface area contributed by atoms with E-state index >= 15 is 0 Å². The van der Waals surface area contributed by atoms with Crippen LogP contribution in [-0.2, 0) is 25.7 Å². The van der Waals surface area contributed by atoms with E-state index in [1.165, 1.54) is 12.8 Å². The average molecular weight is 278 g/mol. The molecule has 0 saturated carbocycles. The Bertz CT molecular complexity index is 50.0. The minimum absolute atomic E-state index is 0. The van der Waals surface area contributed by atoms with Crippen LogP contribution in [0.5, 0.6) is 0 Å². The predicted octanol–water partition coefficient (Wildman–Crippen LogP) is 1.57. The van der Waals surface area contributed by atoms with E-state index in [1.54, 1.807) is 0 Å². The first-order valence-electron chi connectivity index (χ1n) is 2.32. The van der Waals surface area contributed by atoms with Crippen molar-refractivity contribution in [3.63, 3.8) is 0 Å². The molecule has 0 N–H and O–H groups in total. The van der Waals surface area contributed by atoms with Crippen LogP contribution < -0.4 is 0 Å². The van der Waals surface area contributed by atoms with Crippen LogP contribution in [0.15, 0.2) is 0 Å². The van der Waals surface area contributed by atoms with Crippen LogP contribution in [0.3, 0.4) is 0 Å². The maximum absolute atomic E-state index is 8.50. The number of hydrogen-bond donors (Lipinski definition) is 0. The van der Waals surface area contributed by atoms with Crippen LogP contribution in [0, 0.1) is 41.7 Å². The predicted molar refractivity (Wildman–Crippen MR) is 22.0 cm³/mol. The maximum atomic E-state index is 8.50. The Balaban J connectivity index is -0.0000000575. The number of rotatable bonds is 1. The molecule has 0 aliphatic carbocycles. The van der Waals surface area contributed by atoms with Crippen molar-refractivity contribution in [1.82, 2.24) is 0 Å². The second-order valence-electron chi connectivity index (χ2n) is 1.08. The third kappa shape index (κ3) is 47.5. The zero-order valence-corrected chi connectivity index (χ0v) is 9.93. The van der Waals surface area contributed by atoms with E-state index in [1.807, 2.05) is 0 Å². The first-order valence-corrected chi connectivity index (χ1v) is 3.60. The number of hydrogen-bond acceptors (Lipinski definition) is 2. The molecule has 0 fully saturated rings. The fourth-order valence-corrected chi connectivity index (χ4v) is 0. The molecule has 0 radical (unpaired) electrons. The molecule has 0 aliphatic heterocycles. The Labute approximate surface area is 92.8 Å². The Morgan fingerprint density at radius 3 is 1.25 bits per heavy atom. The van der Waals surface area contributed by atoms with Gasteiger partial charge in [-0.15, -0.1) is 0 Å². The van der Waals surface area contributed by atoms with Crippen molar-refractivity contribution < 1.29 is 67.5 Å². The summed E-state index contributed by atoms with van der Waals surface area (Å²) >= 11 is -2.00. The first-order chi connectivity index (χ1) is 3.33. The van der Waals surface area contributed by atoms with Crippen molar-refractivity contribution in [2.24, 2.45) is 0 Å². The number of unbranched alkanes of at least 4 members (excludes halogenated alkanes) is 1. The molecule has 0 rings (SSSR count). The van der Waals surface area contributed by atoms with E-state index in [9.17, 15) is 0 Å². The van der Waals surface area contributed by atoms with Gasteiger partial charge in [0.25, 0.3) is 0 Å². The van der Waals surface area contributed by atoms with Crippen molar-refractivity contribution in [2.75, 3.05) is 0 Å². The topological polar surface area (TPSA) is 34.1 Å². The van der Waals surface area contributed by atoms with E-state index in [2.05, 4.69) is 13.8 Å². The van der Waals surface area contributed by atoms with Gasteiger partial charge in [0.15, 0.2) is 0 Å². The molecule has 2 nitrogen and oxygen atoms in total. The average Bonchev–Trinajstić information content (AvgIpc) is 1.69. The molecule has 0 aromatic heterocycles. The van der Waals surface area contributed by atoms with E-state index in [0.29, 0.717) is 0 Å². The Morgan fingerprint density at radius 1 is 1.12 bits per heavy atom. The molecule has 0 unspecified atom stereocenters. The minimum atomic E-state index is -2.00. The molecule has 0 bridgehead atoms. The summed E-state index contributed by atoms with van der Waals surface area (Å²) in [6.45, 7) is 4.36. The van der Waals surface area contributed by atoms with Gasteiger partial charge in [0.1, 0.15) is 0 Å². The molecule has 0 spiro atoms. The van der Waals surface area contributed by atoms with Gasteiger partial charge < -0.3 is 0 Å². The molecular formula is C4H10CeO2Ti. The Kier molecular flexibility index (Phi) is 47.7. The van der Waals surface area contributed by atoms with Crippen molar-refractivity contribution in [3.8, 4) is 0 Å². The van der Waals surface area contributed by atoms with Gasteiger partial charge in [0, 0.05) is 41.7 Å². The summed E-state index contributed by atoms with van der Waals surface area (Å²) in [7, 11) is 0. The third-order valence-corrected chi connectivity index (χ3v) is 0.500. The third-order valence-electron chi connectivity index (χ3n) is 0.500. The molecule has 0 atom stereocenters. The quantitative estimate of drug-likeness (QED) is 0.682. The molecule has 0 aromatic carbocycles. The summed E-state index contributed by atoms with van der Waals surface area (Å²) < 4.78 is 17.0. The molecule has 0 amide bonds. The summed E-state index contributed by atoms with van der Waals surface area (Å²) in [5.41, 5.74) is 0. The molecule has 46 valence electrons. The summed E-state index contributed by atoms with van der Waals surface area (Å²) in [5.74, 6) is 0. The van der Waals surface area contributed by atoms with Gasteiger partial charge >= 0.3 is 25.7 Å². The van der Waals surface area contributed by atoms with E-state index in [4.69, 9.17) is 6.65 Å². The summed E-state index contributed by atoms with van der Waals surface area (Å²) in [5, 5.41) is 0. The van der Waals surface area contributed by atoms with E-state index in [-0.39, 0.29) is 41.7 Å². The summed E-state index contributed by atoms with van der Waals surface area (Å²) in [4.78, 5) is 0. The van der Waals surface area contributed by atoms with Gasteiger partial charge in [0.05, 0.1) is 0 Å². The Morgan fingerprint density at radius 2 is 1.25 bits per heavy atom. The molecule has 8 heavy (non-hydrogen) atoms. The van der Waals surface area contributed by atoms with Crippen LogP contribution in [0.4, 0.5) is 0 Å². The summed E-state index contributed by atoms with van der Waals surface area (Å²) in [6, 6.07) is 0. The molecule has 0 aromatic rings. The standard InChI is InChI=1S/C4H10.Ce.2O.Ti/c1-3-4-2;;;;/h3-4H2,1-2H3;;;;. The van der Waals surface area contributed by atoms with E-state index in [0.717, 1.165) is 0 Å². The van der Waals surface area contributed by atoms with Gasteiger partial charge in [-0.05, 0) is 0 Å². The normalized spacial score (nSPS) is 4.75. The van der Waals surface area contributed by atoms with Gasteiger partial charge in [-0.25, -0.2) is 0 Å². The zero-order chi connectivity index (χ0) is 6.12. The molecule has 0 saturated heterocycles. The molecular weight excluding hydrogens is 268 g/mol. The van der Waals surface area contributed by atoms with Crippen molar-refractivity contribution in [1.29, 1.82) is 0 Å². The van der Waals surface area contributed by atoms with Gasteiger partial charge in [-0.1, -0.05) is 26.7 Å². The van der Waals surface area contributed by atoms with Gasteiger partial charge in [-0.2, -0.15) is 0 Å². The van der Waals surface area contributed by atoms with E-state index < -0.39 is 19.1 Å². The second-order valence-corrected chi connectivity index (χ2v) is 1.34. The molecule has 0 heterocycles. The van der Waals surface area contributed by atoms with Crippen LogP contribution in [0.25, 0.3) is 0 Å². The molecule has 0 aliphatic rings. The second kappa shape index (κ2) is 23.4. The van der Waals surface area contributed by atoms with Gasteiger partial charge in [-0.3, -0.25) is 0 Å². The van der Waals surface area contributed by atoms with Crippen molar-refractivity contribution in [3.05, 3.63) is 0 Å². The van der Waals surface area contributed by atoms with Crippen LogP contribution in [0.2, 0.25) is 0 Å². The van der Waals surface area contributed by atoms with Crippen LogP contribution in [-0.4, -0.2) is 0 Å². The monoisotopic (exact) mass is 278 g/mol. The Hall–Kier alpha value is 1.69. The fourth-order valence-electron chi connectivity index (χ4n) is 0. The SMILES string of the molecule is CCCC.[Ce].[O]=[Ti]=[O]. The first kappa shape index (κ1) is 16.4. The van der Waals surface area contributed by atoms with Crippen LogP contribution in [0.1, 0.15) is 26.7 Å². The zero-order valence-electron chi connectivity index (χ0n) is 5.23. The summed E-state index contributed by atoms with van der Waals surface area (Å²) in [6.07, 6.45) is 2.64. The molecule has 4 heteroatoms. The van der Waals surface area contributed by atoms with Crippen LogP contribution >= 0.6 is 0 Å². The van der Waals surface area contributed by atoms with Gasteiger partial charge in [0.2, 0.25) is 0 Å². The van der Waals surface area contributed by atoms with Crippen molar-refractivity contribution in [2.45, 2.75) is 26.7 Å². The van der Waals surface area contributed by atoms with Crippen molar-refractivity contribution >= 4 is 0 Å².